The van der Waals surface area contributed by atoms with E-state index in [2.05, 4.69) is 0 Å². The van der Waals surface area contributed by atoms with Crippen LogP contribution in [0.15, 0.2) is 0 Å². The Balaban J connectivity index is 2.36. The summed E-state index contributed by atoms with van der Waals surface area (Å²) in [6.45, 7) is 3.22. The highest BCUT2D eigenvalue weighted by Crippen LogP contribution is 2.61. The van der Waals surface area contributed by atoms with Gasteiger partial charge >= 0.3 is 5.97 Å². The molecule has 2 aliphatic rings. The van der Waals surface area contributed by atoms with Crippen molar-refractivity contribution < 1.29 is 30.0 Å². The van der Waals surface area contributed by atoms with Crippen LogP contribution in [0.3, 0.4) is 0 Å². The van der Waals surface area contributed by atoms with E-state index in [1.807, 2.05) is 0 Å². The van der Waals surface area contributed by atoms with Gasteiger partial charge in [0.15, 0.2) is 6.10 Å². The average molecular weight is 218 g/mol. The van der Waals surface area contributed by atoms with Crippen LogP contribution < -0.4 is 0 Å². The number of esters is 1. The fourth-order valence-corrected chi connectivity index (χ4v) is 2.26. The van der Waals surface area contributed by atoms with Gasteiger partial charge in [-0.3, -0.25) is 0 Å². The van der Waals surface area contributed by atoms with Crippen LogP contribution in [0, 0.1) is 5.41 Å². The summed E-state index contributed by atoms with van der Waals surface area (Å²) in [4.78, 5) is 11.2. The lowest BCUT2D eigenvalue weighted by Gasteiger charge is -2.24. The molecule has 1 unspecified atom stereocenters. The van der Waals surface area contributed by atoms with Gasteiger partial charge in [-0.2, -0.15) is 0 Å². The second-order valence-corrected chi connectivity index (χ2v) is 4.74. The van der Waals surface area contributed by atoms with E-state index in [1.165, 1.54) is 0 Å². The Morgan fingerprint density at radius 3 is 2.33 bits per heavy atom. The number of aliphatic hydroxyl groups excluding tert-OH is 3. The molecule has 86 valence electrons. The molecule has 15 heavy (non-hydrogen) atoms. The van der Waals surface area contributed by atoms with Gasteiger partial charge in [-0.05, 0) is 0 Å². The Bertz CT molecular complexity index is 314. The summed E-state index contributed by atoms with van der Waals surface area (Å²) < 4.78 is 4.80. The molecule has 1 aliphatic carbocycles. The van der Waals surface area contributed by atoms with Crippen molar-refractivity contribution in [3.8, 4) is 0 Å². The number of hydrogen-bond donors (Lipinski definition) is 4. The third-order valence-corrected chi connectivity index (χ3v) is 3.58. The monoisotopic (exact) mass is 218 g/mol. The molecule has 2 rings (SSSR count). The van der Waals surface area contributed by atoms with Crippen molar-refractivity contribution in [3.63, 3.8) is 0 Å². The summed E-state index contributed by atoms with van der Waals surface area (Å²) in [6, 6.07) is 0. The van der Waals surface area contributed by atoms with Gasteiger partial charge < -0.3 is 25.2 Å². The second-order valence-electron chi connectivity index (χ2n) is 4.74. The molecule has 5 atom stereocenters. The molecule has 0 aromatic carbocycles. The number of carbonyl (C=O) groups excluding carboxylic acids is 1. The maximum absolute atomic E-state index is 11.2. The summed E-state index contributed by atoms with van der Waals surface area (Å²) in [5, 5.41) is 38.3. The third kappa shape index (κ3) is 1.05. The molecular weight excluding hydrogens is 204 g/mol. The van der Waals surface area contributed by atoms with Gasteiger partial charge in [0.1, 0.15) is 23.9 Å². The van der Waals surface area contributed by atoms with Crippen molar-refractivity contribution in [1.29, 1.82) is 0 Å². The molecule has 0 aromatic rings. The van der Waals surface area contributed by atoms with E-state index in [1.54, 1.807) is 13.8 Å². The second kappa shape index (κ2) is 2.70. The first-order valence-corrected chi connectivity index (χ1v) is 4.71. The van der Waals surface area contributed by atoms with Crippen molar-refractivity contribution in [3.05, 3.63) is 0 Å². The minimum Gasteiger partial charge on any atom is -0.456 e. The van der Waals surface area contributed by atoms with Crippen LogP contribution >= 0.6 is 0 Å². The van der Waals surface area contributed by atoms with E-state index < -0.39 is 41.4 Å². The highest BCUT2D eigenvalue weighted by atomic mass is 16.6. The molecule has 1 saturated carbocycles. The highest BCUT2D eigenvalue weighted by Gasteiger charge is 2.79. The van der Waals surface area contributed by atoms with Crippen LogP contribution in [0.4, 0.5) is 0 Å². The van der Waals surface area contributed by atoms with Crippen LogP contribution in [-0.4, -0.2) is 56.4 Å². The van der Waals surface area contributed by atoms with Crippen LogP contribution in [0.2, 0.25) is 0 Å². The average Bonchev–Trinajstić information content (AvgIpc) is 2.61. The van der Waals surface area contributed by atoms with Gasteiger partial charge in [-0.25, -0.2) is 4.79 Å². The molecule has 1 aliphatic heterocycles. The summed E-state index contributed by atoms with van der Waals surface area (Å²) >= 11 is 0. The van der Waals surface area contributed by atoms with Crippen molar-refractivity contribution in [1.82, 2.24) is 0 Å². The molecule has 2 fully saturated rings. The predicted molar refractivity (Wildman–Crippen MR) is 46.6 cm³/mol. The smallest absolute Gasteiger partial charge is 0.338 e. The lowest BCUT2D eigenvalue weighted by molar-refractivity contribution is -0.164. The molecular formula is C9H14O6. The molecule has 1 saturated heterocycles. The first-order valence-electron chi connectivity index (χ1n) is 4.71. The van der Waals surface area contributed by atoms with Crippen LogP contribution in [0.25, 0.3) is 0 Å². The molecule has 4 N–H and O–H groups in total. The van der Waals surface area contributed by atoms with Crippen LogP contribution in [0.5, 0.6) is 0 Å². The summed E-state index contributed by atoms with van der Waals surface area (Å²) in [5.41, 5.74) is -2.50. The number of fused-ring (bicyclic) bond motifs is 1. The van der Waals surface area contributed by atoms with Crippen LogP contribution in [0.1, 0.15) is 13.8 Å². The molecule has 0 aromatic heterocycles. The molecule has 0 spiro atoms. The SMILES string of the molecule is CC1(C)C2OC(=O)[C@@H](O)[C@H](O)[C@H](O)[C@@]21O. The van der Waals surface area contributed by atoms with E-state index in [0.29, 0.717) is 0 Å². The first kappa shape index (κ1) is 10.8. The fourth-order valence-electron chi connectivity index (χ4n) is 2.26. The lowest BCUT2D eigenvalue weighted by Crippen LogP contribution is -2.49. The van der Waals surface area contributed by atoms with Gasteiger partial charge in [0, 0.05) is 5.41 Å². The zero-order valence-electron chi connectivity index (χ0n) is 8.41. The Hall–Kier alpha value is -0.690. The predicted octanol–water partition coefficient (Wildman–Crippen LogP) is -2.23. The summed E-state index contributed by atoms with van der Waals surface area (Å²) in [5.74, 6) is -1.02. The van der Waals surface area contributed by atoms with Crippen molar-refractivity contribution in [2.45, 2.75) is 43.9 Å². The van der Waals surface area contributed by atoms with Gasteiger partial charge in [0.2, 0.25) is 0 Å². The maximum atomic E-state index is 11.2. The van der Waals surface area contributed by atoms with E-state index in [0.717, 1.165) is 0 Å². The summed E-state index contributed by atoms with van der Waals surface area (Å²) in [6.07, 6.45) is -6.03. The Kier molecular flexibility index (Phi) is 1.95. The molecule has 6 nitrogen and oxygen atoms in total. The van der Waals surface area contributed by atoms with E-state index in [4.69, 9.17) is 4.74 Å². The first-order chi connectivity index (χ1) is 6.74. The quantitative estimate of drug-likeness (QED) is 0.343. The summed E-state index contributed by atoms with van der Waals surface area (Å²) in [7, 11) is 0. The molecule has 0 radical (unpaired) electrons. The minimum atomic E-state index is -1.81. The number of carbonyl (C=O) groups is 1. The van der Waals surface area contributed by atoms with Gasteiger partial charge in [-0.15, -0.1) is 0 Å². The Labute approximate surface area is 86.1 Å². The molecule has 0 amide bonds. The zero-order valence-corrected chi connectivity index (χ0v) is 8.41. The van der Waals surface area contributed by atoms with Crippen molar-refractivity contribution in [2.24, 2.45) is 5.41 Å². The standard InChI is InChI=1S/C9H14O6/c1-8(2)7-9(8,14)5(12)3(10)4(11)6(13)15-7/h3-5,7,10-12,14H,1-2H3/t3-,4-,5-,7?,9+/m0/s1. The third-order valence-electron chi connectivity index (χ3n) is 3.58. The largest absolute Gasteiger partial charge is 0.456 e. The molecule has 1 heterocycles. The fraction of sp³-hybridized carbons (Fsp3) is 0.889. The molecule has 0 bridgehead atoms. The van der Waals surface area contributed by atoms with Crippen molar-refractivity contribution in [2.75, 3.05) is 0 Å². The lowest BCUT2D eigenvalue weighted by atomic mass is 9.95. The Morgan fingerprint density at radius 2 is 1.80 bits per heavy atom. The van der Waals surface area contributed by atoms with E-state index in [-0.39, 0.29) is 0 Å². The molecule has 6 heteroatoms. The number of ether oxygens (including phenoxy) is 1. The number of hydrogen-bond acceptors (Lipinski definition) is 6. The minimum absolute atomic E-state index is 0.816. The van der Waals surface area contributed by atoms with Gasteiger partial charge in [-0.1, -0.05) is 13.8 Å². The normalized spacial score (nSPS) is 52.8. The van der Waals surface area contributed by atoms with Gasteiger partial charge in [0.05, 0.1) is 0 Å². The highest BCUT2D eigenvalue weighted by molar-refractivity contribution is 5.77. The zero-order chi connectivity index (χ0) is 11.6. The van der Waals surface area contributed by atoms with E-state index in [9.17, 15) is 25.2 Å². The van der Waals surface area contributed by atoms with Crippen molar-refractivity contribution >= 4 is 5.97 Å². The van der Waals surface area contributed by atoms with Gasteiger partial charge in [0.25, 0.3) is 0 Å². The topological polar surface area (TPSA) is 107 Å². The van der Waals surface area contributed by atoms with E-state index >= 15 is 0 Å². The number of rotatable bonds is 0. The number of aliphatic hydroxyl groups is 4. The Morgan fingerprint density at radius 1 is 1.27 bits per heavy atom. The van der Waals surface area contributed by atoms with Crippen LogP contribution in [-0.2, 0) is 9.53 Å². The maximum Gasteiger partial charge on any atom is 0.338 e.